The molecule has 1 aromatic rings. The molecule has 0 radical (unpaired) electrons. The molecule has 0 amide bonds. The Bertz CT molecular complexity index is 408. The third-order valence-electron chi connectivity index (χ3n) is 3.64. The second kappa shape index (κ2) is 5.93. The summed E-state index contributed by atoms with van der Waals surface area (Å²) in [6.07, 6.45) is 2.00. The van der Waals surface area contributed by atoms with Gasteiger partial charge >= 0.3 is 0 Å². The van der Waals surface area contributed by atoms with E-state index in [1.807, 2.05) is 13.2 Å². The van der Waals surface area contributed by atoms with Gasteiger partial charge in [0.15, 0.2) is 0 Å². The molecule has 1 fully saturated rings. The number of rotatable bonds is 3. The van der Waals surface area contributed by atoms with Crippen molar-refractivity contribution in [1.29, 1.82) is 0 Å². The lowest BCUT2D eigenvalue weighted by molar-refractivity contribution is 0.618. The van der Waals surface area contributed by atoms with E-state index in [-0.39, 0.29) is 0 Å². The molecule has 2 atom stereocenters. The molecule has 0 bridgehead atoms. The predicted octanol–water partition coefficient (Wildman–Crippen LogP) is 2.44. The molecule has 2 rings (SSSR count). The fourth-order valence-corrected chi connectivity index (χ4v) is 3.56. The number of anilines is 1. The maximum Gasteiger partial charge on any atom is 0.131 e. The smallest absolute Gasteiger partial charge is 0.131 e. The Morgan fingerprint density at radius 3 is 2.94 bits per heavy atom. The number of aromatic nitrogens is 1. The minimum Gasteiger partial charge on any atom is -0.352 e. The third kappa shape index (κ3) is 2.81. The lowest BCUT2D eigenvalue weighted by atomic mass is 10.1. The van der Waals surface area contributed by atoms with Crippen molar-refractivity contribution in [2.45, 2.75) is 38.6 Å². The summed E-state index contributed by atoms with van der Waals surface area (Å²) in [5.74, 6) is 2.36. The van der Waals surface area contributed by atoms with Gasteiger partial charge in [-0.1, -0.05) is 6.92 Å². The first kappa shape index (κ1) is 13.7. The number of aryl methyl sites for hydroxylation is 1. The average Bonchev–Trinajstić information content (AvgIpc) is 2.34. The Morgan fingerprint density at radius 2 is 2.28 bits per heavy atom. The van der Waals surface area contributed by atoms with E-state index >= 15 is 0 Å². The molecule has 100 valence electrons. The summed E-state index contributed by atoms with van der Waals surface area (Å²) in [5.41, 5.74) is 2.54. The maximum atomic E-state index is 4.68. The molecule has 2 heterocycles. The van der Waals surface area contributed by atoms with Crippen LogP contribution in [0, 0.1) is 6.92 Å². The Hall–Kier alpha value is -0.740. The first-order valence-corrected chi connectivity index (χ1v) is 7.66. The van der Waals surface area contributed by atoms with Gasteiger partial charge in [-0.25, -0.2) is 4.98 Å². The molecule has 0 spiro atoms. The van der Waals surface area contributed by atoms with Crippen molar-refractivity contribution in [2.24, 2.45) is 0 Å². The number of nitrogens with one attached hydrogen (secondary N) is 1. The lowest BCUT2D eigenvalue weighted by Gasteiger charge is -2.39. The Morgan fingerprint density at radius 1 is 1.50 bits per heavy atom. The van der Waals surface area contributed by atoms with Crippen molar-refractivity contribution in [1.82, 2.24) is 10.3 Å². The maximum absolute atomic E-state index is 4.68. The Balaban J connectivity index is 2.22. The van der Waals surface area contributed by atoms with E-state index in [1.54, 1.807) is 0 Å². The zero-order chi connectivity index (χ0) is 13.1. The lowest BCUT2D eigenvalue weighted by Crippen LogP contribution is -2.45. The van der Waals surface area contributed by atoms with E-state index in [0.717, 1.165) is 18.9 Å². The van der Waals surface area contributed by atoms with Crippen LogP contribution in [0.25, 0.3) is 0 Å². The van der Waals surface area contributed by atoms with Gasteiger partial charge in [-0.3, -0.25) is 0 Å². The monoisotopic (exact) mass is 265 g/mol. The molecular weight excluding hydrogens is 242 g/mol. The molecule has 1 aliphatic heterocycles. The molecule has 2 unspecified atom stereocenters. The van der Waals surface area contributed by atoms with Crippen LogP contribution in [-0.4, -0.2) is 35.6 Å². The van der Waals surface area contributed by atoms with Gasteiger partial charge in [-0.2, -0.15) is 11.8 Å². The van der Waals surface area contributed by atoms with Gasteiger partial charge in [0.05, 0.1) is 0 Å². The van der Waals surface area contributed by atoms with Crippen molar-refractivity contribution < 1.29 is 0 Å². The predicted molar refractivity (Wildman–Crippen MR) is 80.5 cm³/mol. The van der Waals surface area contributed by atoms with Crippen molar-refractivity contribution in [3.8, 4) is 0 Å². The summed E-state index contributed by atoms with van der Waals surface area (Å²) < 4.78 is 0. The minimum absolute atomic E-state index is 0.560. The van der Waals surface area contributed by atoms with Crippen molar-refractivity contribution >= 4 is 17.6 Å². The molecule has 4 heteroatoms. The third-order valence-corrected chi connectivity index (χ3v) is 4.98. The minimum atomic E-state index is 0.560. The fraction of sp³-hybridized carbons (Fsp3) is 0.643. The molecule has 1 N–H and O–H groups in total. The van der Waals surface area contributed by atoms with Gasteiger partial charge in [-0.05, 0) is 38.1 Å². The molecule has 0 aromatic carbocycles. The van der Waals surface area contributed by atoms with Crippen LogP contribution < -0.4 is 10.2 Å². The highest BCUT2D eigenvalue weighted by atomic mass is 32.2. The van der Waals surface area contributed by atoms with E-state index in [9.17, 15) is 0 Å². The van der Waals surface area contributed by atoms with Crippen LogP contribution in [0.15, 0.2) is 12.3 Å². The normalized spacial score (nSPS) is 24.3. The van der Waals surface area contributed by atoms with Crippen LogP contribution in [0.1, 0.15) is 25.0 Å². The fourth-order valence-electron chi connectivity index (χ4n) is 2.46. The van der Waals surface area contributed by atoms with Gasteiger partial charge in [0.2, 0.25) is 0 Å². The van der Waals surface area contributed by atoms with Crippen LogP contribution in [-0.2, 0) is 6.54 Å². The van der Waals surface area contributed by atoms with Crippen molar-refractivity contribution in [3.63, 3.8) is 0 Å². The van der Waals surface area contributed by atoms with E-state index in [4.69, 9.17) is 0 Å². The van der Waals surface area contributed by atoms with E-state index in [1.165, 1.54) is 16.9 Å². The SMILES string of the molecule is CNCc1cnc(N2CCSC(C)C2C)c(C)c1. The highest BCUT2D eigenvalue weighted by Crippen LogP contribution is 2.29. The van der Waals surface area contributed by atoms with Gasteiger partial charge in [0.1, 0.15) is 5.82 Å². The van der Waals surface area contributed by atoms with Gasteiger partial charge in [0, 0.05) is 36.3 Å². The molecule has 1 aromatic heterocycles. The van der Waals surface area contributed by atoms with Crippen molar-refractivity contribution in [3.05, 3.63) is 23.4 Å². The summed E-state index contributed by atoms with van der Waals surface area (Å²) in [4.78, 5) is 7.14. The van der Waals surface area contributed by atoms with E-state index in [0.29, 0.717) is 11.3 Å². The molecule has 1 saturated heterocycles. The zero-order valence-electron chi connectivity index (χ0n) is 11.7. The number of hydrogen-bond donors (Lipinski definition) is 1. The quantitative estimate of drug-likeness (QED) is 0.908. The van der Waals surface area contributed by atoms with Crippen molar-refractivity contribution in [2.75, 3.05) is 24.2 Å². The summed E-state index contributed by atoms with van der Waals surface area (Å²) >= 11 is 2.06. The second-order valence-electron chi connectivity index (χ2n) is 5.02. The van der Waals surface area contributed by atoms with E-state index < -0.39 is 0 Å². The molecule has 18 heavy (non-hydrogen) atoms. The standard InChI is InChI=1S/C14H23N3S/c1-10-7-13(8-15-4)9-16-14(10)17-5-6-18-12(3)11(17)2/h7,9,11-12,15H,5-6,8H2,1-4H3. The molecule has 3 nitrogen and oxygen atoms in total. The largest absolute Gasteiger partial charge is 0.352 e. The summed E-state index contributed by atoms with van der Waals surface area (Å²) in [7, 11) is 1.97. The number of pyridine rings is 1. The average molecular weight is 265 g/mol. The number of nitrogens with zero attached hydrogens (tertiary/aromatic N) is 2. The molecule has 0 aliphatic carbocycles. The second-order valence-corrected chi connectivity index (χ2v) is 6.51. The van der Waals surface area contributed by atoms with Crippen LogP contribution in [0.3, 0.4) is 0 Å². The van der Waals surface area contributed by atoms with E-state index in [2.05, 4.69) is 53.8 Å². The first-order chi connectivity index (χ1) is 8.63. The zero-order valence-corrected chi connectivity index (χ0v) is 12.5. The Kier molecular flexibility index (Phi) is 4.51. The Labute approximate surface area is 114 Å². The number of hydrogen-bond acceptors (Lipinski definition) is 4. The first-order valence-electron chi connectivity index (χ1n) is 6.62. The summed E-state index contributed by atoms with van der Waals surface area (Å²) in [6, 6.07) is 2.81. The van der Waals surface area contributed by atoms with Gasteiger partial charge in [-0.15, -0.1) is 0 Å². The molecule has 1 aliphatic rings. The van der Waals surface area contributed by atoms with Crippen LogP contribution >= 0.6 is 11.8 Å². The summed E-state index contributed by atoms with van der Waals surface area (Å²) in [6.45, 7) is 8.78. The molecule has 0 saturated carbocycles. The molecular formula is C14H23N3S. The van der Waals surface area contributed by atoms with Gasteiger partial charge < -0.3 is 10.2 Å². The topological polar surface area (TPSA) is 28.2 Å². The summed E-state index contributed by atoms with van der Waals surface area (Å²) in [5, 5.41) is 3.85. The van der Waals surface area contributed by atoms with Crippen LogP contribution in [0.5, 0.6) is 0 Å². The van der Waals surface area contributed by atoms with Crippen LogP contribution in [0.4, 0.5) is 5.82 Å². The van der Waals surface area contributed by atoms with Crippen LogP contribution in [0.2, 0.25) is 0 Å². The highest BCUT2D eigenvalue weighted by Gasteiger charge is 2.26. The highest BCUT2D eigenvalue weighted by molar-refractivity contribution is 8.00. The number of thioether (sulfide) groups is 1. The van der Waals surface area contributed by atoms with Gasteiger partial charge in [0.25, 0.3) is 0 Å².